The number of aryl methyl sites for hydroxylation is 4. The Morgan fingerprint density at radius 2 is 0.578 bits per heavy atom. The molecule has 224 valence electrons. The van der Waals surface area contributed by atoms with Crippen molar-refractivity contribution >= 4 is 0 Å². The molecule has 0 amide bonds. The summed E-state index contributed by atoms with van der Waals surface area (Å²) in [6.07, 6.45) is 0. The maximum atomic E-state index is 11.9. The van der Waals surface area contributed by atoms with Crippen molar-refractivity contribution in [2.45, 2.75) is 47.0 Å². The van der Waals surface area contributed by atoms with Crippen LogP contribution in [0.4, 0.5) is 0 Å². The molecule has 0 unspecified atom stereocenters. The lowest BCUT2D eigenvalue weighted by Gasteiger charge is -2.30. The van der Waals surface area contributed by atoms with Gasteiger partial charge in [0.05, 0.1) is 0 Å². The minimum atomic E-state index is -0.495. The van der Waals surface area contributed by atoms with Gasteiger partial charge in [-0.05, 0) is 108 Å². The topological polar surface area (TPSA) is 40.5 Å². The highest BCUT2D eigenvalue weighted by Crippen LogP contribution is 2.48. The average Bonchev–Trinajstić information content (AvgIpc) is 3.03. The molecule has 0 saturated heterocycles. The number of hydrogen-bond donors (Lipinski definition) is 2. The van der Waals surface area contributed by atoms with E-state index in [-0.39, 0.29) is 11.5 Å². The van der Waals surface area contributed by atoms with E-state index >= 15 is 0 Å². The Morgan fingerprint density at radius 3 is 0.800 bits per heavy atom. The van der Waals surface area contributed by atoms with Gasteiger partial charge in [-0.2, -0.15) is 0 Å². The molecular weight excluding hydrogens is 548 g/mol. The van der Waals surface area contributed by atoms with Gasteiger partial charge in [0.1, 0.15) is 11.5 Å². The third-order valence-corrected chi connectivity index (χ3v) is 9.40. The lowest BCUT2D eigenvalue weighted by atomic mass is 9.74. The van der Waals surface area contributed by atoms with Crippen LogP contribution in [0.5, 0.6) is 11.5 Å². The van der Waals surface area contributed by atoms with Gasteiger partial charge in [0.15, 0.2) is 0 Å². The zero-order chi connectivity index (χ0) is 31.9. The quantitative estimate of drug-likeness (QED) is 0.203. The summed E-state index contributed by atoms with van der Waals surface area (Å²) < 4.78 is 0. The highest BCUT2D eigenvalue weighted by molar-refractivity contribution is 5.87. The van der Waals surface area contributed by atoms with Crippen molar-refractivity contribution in [2.24, 2.45) is 0 Å². The fraction of sp³-hybridized carbons (Fsp3) is 0.163. The van der Waals surface area contributed by atoms with Crippen LogP contribution in [0.3, 0.4) is 0 Å². The van der Waals surface area contributed by atoms with E-state index in [2.05, 4.69) is 114 Å². The van der Waals surface area contributed by atoms with E-state index in [0.717, 1.165) is 77.9 Å². The van der Waals surface area contributed by atoms with Gasteiger partial charge in [-0.15, -0.1) is 0 Å². The lowest BCUT2D eigenvalue weighted by Crippen LogP contribution is -2.20. The number of hydrogen-bond acceptors (Lipinski definition) is 2. The molecule has 45 heavy (non-hydrogen) atoms. The van der Waals surface area contributed by atoms with E-state index in [0.29, 0.717) is 0 Å². The fourth-order valence-electron chi connectivity index (χ4n) is 6.48. The number of aromatic hydroxyl groups is 2. The molecule has 2 N–H and O–H groups in total. The monoisotopic (exact) mass is 588 g/mol. The summed E-state index contributed by atoms with van der Waals surface area (Å²) >= 11 is 0. The van der Waals surface area contributed by atoms with Crippen LogP contribution in [-0.4, -0.2) is 10.2 Å². The van der Waals surface area contributed by atoms with Crippen LogP contribution in [0.15, 0.2) is 121 Å². The molecule has 0 fully saturated rings. The van der Waals surface area contributed by atoms with E-state index in [1.54, 1.807) is 0 Å². The summed E-state index contributed by atoms with van der Waals surface area (Å²) in [5.74, 6) is 0.565. The average molecular weight is 589 g/mol. The van der Waals surface area contributed by atoms with Crippen molar-refractivity contribution in [1.82, 2.24) is 0 Å². The van der Waals surface area contributed by atoms with Crippen LogP contribution in [-0.2, 0) is 5.41 Å². The molecule has 0 bridgehead atoms. The summed E-state index contributed by atoms with van der Waals surface area (Å²) in [7, 11) is 0. The van der Waals surface area contributed by atoms with Crippen molar-refractivity contribution in [3.05, 3.63) is 155 Å². The summed E-state index contributed by atoms with van der Waals surface area (Å²) in [4.78, 5) is 0. The molecule has 0 atom stereocenters. The van der Waals surface area contributed by atoms with Crippen molar-refractivity contribution < 1.29 is 10.2 Å². The Balaban J connectivity index is 1.66. The first-order valence-electron chi connectivity index (χ1n) is 15.6. The van der Waals surface area contributed by atoms with Gasteiger partial charge >= 0.3 is 0 Å². The number of rotatable bonds is 6. The van der Waals surface area contributed by atoms with E-state index in [1.807, 2.05) is 48.5 Å². The molecule has 0 aliphatic rings. The van der Waals surface area contributed by atoms with E-state index in [4.69, 9.17) is 0 Å². The third-order valence-electron chi connectivity index (χ3n) is 9.40. The molecule has 0 spiro atoms. The number of phenolic OH excluding ortho intramolecular Hbond substituents is 2. The van der Waals surface area contributed by atoms with Gasteiger partial charge in [0, 0.05) is 27.7 Å². The van der Waals surface area contributed by atoms with Gasteiger partial charge < -0.3 is 10.2 Å². The second kappa shape index (κ2) is 11.8. The van der Waals surface area contributed by atoms with Crippen LogP contribution < -0.4 is 0 Å². The fourth-order valence-corrected chi connectivity index (χ4v) is 6.48. The van der Waals surface area contributed by atoms with Crippen LogP contribution in [0.1, 0.15) is 47.2 Å². The molecule has 0 heterocycles. The molecule has 0 aliphatic heterocycles. The Bertz CT molecular complexity index is 1770. The standard InChI is InChI=1S/C43H40O2/c1-27-15-7-11-19-33(27)37-23-31(24-38(41(37)44)34-20-12-8-16-28(34)2)43(5,6)32-25-39(35-21-13-9-17-29(35)3)42(45)40(26-32)36-22-14-10-18-30(36)4/h7-26,44-45H,1-6H3. The van der Waals surface area contributed by atoms with Gasteiger partial charge in [-0.3, -0.25) is 0 Å². The molecule has 6 aromatic rings. The van der Waals surface area contributed by atoms with Crippen molar-refractivity contribution in [3.8, 4) is 56.0 Å². The zero-order valence-electron chi connectivity index (χ0n) is 26.9. The zero-order valence-corrected chi connectivity index (χ0v) is 26.9. The first kappa shape index (κ1) is 30.0. The van der Waals surface area contributed by atoms with E-state index < -0.39 is 5.41 Å². The second-order valence-electron chi connectivity index (χ2n) is 12.7. The molecule has 2 heteroatoms. The van der Waals surface area contributed by atoms with Gasteiger partial charge in [0.2, 0.25) is 0 Å². The molecule has 0 aromatic heterocycles. The SMILES string of the molecule is Cc1ccccc1-c1cc(C(C)(C)c2cc(-c3ccccc3C)c(O)c(-c3ccccc3C)c2)cc(-c2ccccc2C)c1O. The summed E-state index contributed by atoms with van der Waals surface area (Å²) in [5.41, 5.74) is 13.4. The molecular formula is C43H40O2. The Labute approximate surface area is 267 Å². The number of benzene rings is 6. The third kappa shape index (κ3) is 5.42. The Kier molecular flexibility index (Phi) is 7.85. The molecule has 0 saturated carbocycles. The van der Waals surface area contributed by atoms with Crippen molar-refractivity contribution in [2.75, 3.05) is 0 Å². The molecule has 6 rings (SSSR count). The lowest BCUT2D eigenvalue weighted by molar-refractivity contribution is 0.478. The van der Waals surface area contributed by atoms with Gasteiger partial charge in [-0.25, -0.2) is 0 Å². The molecule has 2 nitrogen and oxygen atoms in total. The van der Waals surface area contributed by atoms with Gasteiger partial charge in [0.25, 0.3) is 0 Å². The number of phenols is 2. The van der Waals surface area contributed by atoms with Crippen LogP contribution >= 0.6 is 0 Å². The van der Waals surface area contributed by atoms with Crippen molar-refractivity contribution in [3.63, 3.8) is 0 Å². The highest BCUT2D eigenvalue weighted by Gasteiger charge is 2.29. The van der Waals surface area contributed by atoms with Crippen molar-refractivity contribution in [1.29, 1.82) is 0 Å². The summed E-state index contributed by atoms with van der Waals surface area (Å²) in [5, 5.41) is 23.7. The van der Waals surface area contributed by atoms with Crippen LogP contribution in [0.2, 0.25) is 0 Å². The summed E-state index contributed by atoms with van der Waals surface area (Å²) in [6, 6.07) is 41.5. The minimum Gasteiger partial charge on any atom is -0.507 e. The first-order valence-corrected chi connectivity index (χ1v) is 15.6. The molecule has 0 aliphatic carbocycles. The Morgan fingerprint density at radius 1 is 0.356 bits per heavy atom. The maximum Gasteiger partial charge on any atom is 0.131 e. The smallest absolute Gasteiger partial charge is 0.131 e. The predicted molar refractivity (Wildman–Crippen MR) is 189 cm³/mol. The molecule has 6 aromatic carbocycles. The largest absolute Gasteiger partial charge is 0.507 e. The van der Waals surface area contributed by atoms with E-state index in [9.17, 15) is 10.2 Å². The molecule has 0 radical (unpaired) electrons. The maximum absolute atomic E-state index is 11.9. The van der Waals surface area contributed by atoms with Crippen LogP contribution in [0, 0.1) is 27.7 Å². The highest BCUT2D eigenvalue weighted by atomic mass is 16.3. The Hall–Kier alpha value is -5.08. The van der Waals surface area contributed by atoms with Crippen LogP contribution in [0.25, 0.3) is 44.5 Å². The predicted octanol–water partition coefficient (Wildman–Crippen LogP) is 11.3. The minimum absolute atomic E-state index is 0.282. The normalized spacial score (nSPS) is 11.5. The van der Waals surface area contributed by atoms with E-state index in [1.165, 1.54) is 0 Å². The first-order chi connectivity index (χ1) is 21.6. The van der Waals surface area contributed by atoms with Gasteiger partial charge in [-0.1, -0.05) is 111 Å². The summed E-state index contributed by atoms with van der Waals surface area (Å²) in [6.45, 7) is 12.8. The second-order valence-corrected chi connectivity index (χ2v) is 12.7.